The first kappa shape index (κ1) is 13.7. The van der Waals surface area contributed by atoms with Crippen LogP contribution in [0.2, 0.25) is 0 Å². The molecule has 1 atom stereocenters. The van der Waals surface area contributed by atoms with Gasteiger partial charge in [0.1, 0.15) is 5.82 Å². The molecule has 2 N–H and O–H groups in total. The average molecular weight is 287 g/mol. The van der Waals surface area contributed by atoms with E-state index in [4.69, 9.17) is 5.73 Å². The maximum Gasteiger partial charge on any atom is 0.137 e. The average Bonchev–Trinajstić information content (AvgIpc) is 2.88. The predicted molar refractivity (Wildman–Crippen MR) is 81.6 cm³/mol. The van der Waals surface area contributed by atoms with Crippen molar-refractivity contribution < 1.29 is 4.39 Å². The van der Waals surface area contributed by atoms with Gasteiger partial charge in [0.05, 0.1) is 0 Å². The summed E-state index contributed by atoms with van der Waals surface area (Å²) in [6.45, 7) is 1.86. The molecule has 0 unspecified atom stereocenters. The SMILES string of the molecule is C[C@H](N)c1ccc(Sc2ccc3c(c2)CCC3)c(F)c1. The molecule has 3 rings (SSSR count). The van der Waals surface area contributed by atoms with E-state index in [0.717, 1.165) is 16.9 Å². The van der Waals surface area contributed by atoms with Crippen LogP contribution in [0, 0.1) is 5.82 Å². The summed E-state index contributed by atoms with van der Waals surface area (Å²) in [5, 5.41) is 0. The lowest BCUT2D eigenvalue weighted by Gasteiger charge is -2.09. The number of fused-ring (bicyclic) bond motifs is 1. The van der Waals surface area contributed by atoms with Crippen LogP contribution in [-0.4, -0.2) is 0 Å². The van der Waals surface area contributed by atoms with E-state index in [0.29, 0.717) is 4.90 Å². The number of aryl methyl sites for hydroxylation is 2. The number of hydrogen-bond acceptors (Lipinski definition) is 2. The Labute approximate surface area is 123 Å². The minimum absolute atomic E-state index is 0.136. The quantitative estimate of drug-likeness (QED) is 0.900. The van der Waals surface area contributed by atoms with Gasteiger partial charge >= 0.3 is 0 Å². The highest BCUT2D eigenvalue weighted by Gasteiger charge is 2.12. The summed E-state index contributed by atoms with van der Waals surface area (Å²) in [5.74, 6) is -0.190. The zero-order chi connectivity index (χ0) is 14.1. The largest absolute Gasteiger partial charge is 0.324 e. The fourth-order valence-corrected chi connectivity index (χ4v) is 3.51. The van der Waals surface area contributed by atoms with Crippen molar-refractivity contribution in [1.82, 2.24) is 0 Å². The Hall–Kier alpha value is -1.32. The monoisotopic (exact) mass is 287 g/mol. The fraction of sp³-hybridized carbons (Fsp3) is 0.294. The van der Waals surface area contributed by atoms with Gasteiger partial charge in [-0.1, -0.05) is 23.9 Å². The number of rotatable bonds is 3. The molecule has 1 aliphatic carbocycles. The van der Waals surface area contributed by atoms with Crippen molar-refractivity contribution >= 4 is 11.8 Å². The Morgan fingerprint density at radius 3 is 2.65 bits per heavy atom. The first-order chi connectivity index (χ1) is 9.63. The van der Waals surface area contributed by atoms with Crippen LogP contribution < -0.4 is 5.73 Å². The van der Waals surface area contributed by atoms with Gasteiger partial charge in [-0.2, -0.15) is 0 Å². The minimum Gasteiger partial charge on any atom is -0.324 e. The van der Waals surface area contributed by atoms with Gasteiger partial charge in [0.25, 0.3) is 0 Å². The number of halogens is 1. The molecule has 0 aromatic heterocycles. The first-order valence-electron chi connectivity index (χ1n) is 6.98. The van der Waals surface area contributed by atoms with Crippen LogP contribution in [0.3, 0.4) is 0 Å². The first-order valence-corrected chi connectivity index (χ1v) is 7.80. The second kappa shape index (κ2) is 5.58. The summed E-state index contributed by atoms with van der Waals surface area (Å²) in [6.07, 6.45) is 3.56. The molecule has 1 nitrogen and oxygen atoms in total. The van der Waals surface area contributed by atoms with Gasteiger partial charge in [-0.3, -0.25) is 0 Å². The van der Waals surface area contributed by atoms with E-state index < -0.39 is 0 Å². The number of benzene rings is 2. The molecule has 1 aliphatic rings. The normalized spacial score (nSPS) is 15.2. The maximum atomic E-state index is 14.1. The minimum atomic E-state index is -0.190. The maximum absolute atomic E-state index is 14.1. The van der Waals surface area contributed by atoms with Crippen LogP contribution in [0.4, 0.5) is 4.39 Å². The molecule has 0 saturated carbocycles. The van der Waals surface area contributed by atoms with Gasteiger partial charge in [0.15, 0.2) is 0 Å². The second-order valence-corrected chi connectivity index (χ2v) is 6.48. The summed E-state index contributed by atoms with van der Waals surface area (Å²) in [4.78, 5) is 1.77. The van der Waals surface area contributed by atoms with Crippen molar-refractivity contribution in [3.05, 3.63) is 58.9 Å². The van der Waals surface area contributed by atoms with Crippen LogP contribution in [0.25, 0.3) is 0 Å². The van der Waals surface area contributed by atoms with E-state index in [1.165, 1.54) is 35.7 Å². The molecule has 0 amide bonds. The molecule has 2 aromatic carbocycles. The van der Waals surface area contributed by atoms with Crippen LogP contribution in [0.5, 0.6) is 0 Å². The zero-order valence-corrected chi connectivity index (χ0v) is 12.3. The molecule has 0 radical (unpaired) electrons. The van der Waals surface area contributed by atoms with E-state index in [9.17, 15) is 4.39 Å². The molecule has 20 heavy (non-hydrogen) atoms. The van der Waals surface area contributed by atoms with Crippen molar-refractivity contribution in [2.75, 3.05) is 0 Å². The molecule has 0 spiro atoms. The van der Waals surface area contributed by atoms with Gasteiger partial charge in [-0.05, 0) is 67.1 Å². The molecule has 0 aliphatic heterocycles. The summed E-state index contributed by atoms with van der Waals surface area (Å²) in [5.41, 5.74) is 9.47. The van der Waals surface area contributed by atoms with Gasteiger partial charge < -0.3 is 5.73 Å². The highest BCUT2D eigenvalue weighted by molar-refractivity contribution is 7.99. The van der Waals surface area contributed by atoms with Crippen molar-refractivity contribution in [2.24, 2.45) is 5.73 Å². The van der Waals surface area contributed by atoms with E-state index in [2.05, 4.69) is 18.2 Å². The van der Waals surface area contributed by atoms with Crippen molar-refractivity contribution in [3.63, 3.8) is 0 Å². The van der Waals surface area contributed by atoms with Crippen molar-refractivity contribution in [1.29, 1.82) is 0 Å². The van der Waals surface area contributed by atoms with E-state index in [-0.39, 0.29) is 11.9 Å². The van der Waals surface area contributed by atoms with Crippen LogP contribution >= 0.6 is 11.8 Å². The summed E-state index contributed by atoms with van der Waals surface area (Å²) in [7, 11) is 0. The standard InChI is InChI=1S/C17H18FNS/c1-11(19)13-6-8-17(16(18)10-13)20-15-7-5-12-3-2-4-14(12)9-15/h5-11H,2-4,19H2,1H3/t11-/m0/s1. The van der Waals surface area contributed by atoms with E-state index in [1.807, 2.05) is 19.1 Å². The van der Waals surface area contributed by atoms with Gasteiger partial charge in [0.2, 0.25) is 0 Å². The summed E-state index contributed by atoms with van der Waals surface area (Å²) < 4.78 is 14.1. The lowest BCUT2D eigenvalue weighted by atomic mass is 10.1. The highest BCUT2D eigenvalue weighted by Crippen LogP contribution is 2.34. The zero-order valence-electron chi connectivity index (χ0n) is 11.5. The number of hydrogen-bond donors (Lipinski definition) is 1. The lowest BCUT2D eigenvalue weighted by Crippen LogP contribution is -2.05. The molecule has 104 valence electrons. The van der Waals surface area contributed by atoms with Crippen LogP contribution in [-0.2, 0) is 12.8 Å². The third-order valence-electron chi connectivity index (χ3n) is 3.78. The third-order valence-corrected chi connectivity index (χ3v) is 4.82. The molecule has 3 heteroatoms. The molecular formula is C17H18FNS. The second-order valence-electron chi connectivity index (χ2n) is 5.36. The Bertz CT molecular complexity index is 637. The summed E-state index contributed by atoms with van der Waals surface area (Å²) >= 11 is 1.48. The molecular weight excluding hydrogens is 269 g/mol. The van der Waals surface area contributed by atoms with E-state index >= 15 is 0 Å². The number of nitrogens with two attached hydrogens (primary N) is 1. The molecule has 0 bridgehead atoms. The molecule has 0 heterocycles. The predicted octanol–water partition coefficient (Wildman–Crippen LogP) is 4.49. The van der Waals surface area contributed by atoms with Gasteiger partial charge in [-0.15, -0.1) is 0 Å². The molecule has 0 fully saturated rings. The van der Waals surface area contributed by atoms with E-state index in [1.54, 1.807) is 6.07 Å². The Kier molecular flexibility index (Phi) is 3.81. The Morgan fingerprint density at radius 2 is 1.90 bits per heavy atom. The molecule has 0 saturated heterocycles. The highest BCUT2D eigenvalue weighted by atomic mass is 32.2. The van der Waals surface area contributed by atoms with Crippen molar-refractivity contribution in [3.8, 4) is 0 Å². The Morgan fingerprint density at radius 1 is 1.10 bits per heavy atom. The van der Waals surface area contributed by atoms with Gasteiger partial charge in [-0.25, -0.2) is 4.39 Å². The molecule has 2 aromatic rings. The smallest absolute Gasteiger partial charge is 0.137 e. The topological polar surface area (TPSA) is 26.0 Å². The van der Waals surface area contributed by atoms with Gasteiger partial charge in [0, 0.05) is 15.8 Å². The van der Waals surface area contributed by atoms with Crippen LogP contribution in [0.1, 0.15) is 36.1 Å². The third kappa shape index (κ3) is 2.74. The fourth-order valence-electron chi connectivity index (χ4n) is 2.62. The van der Waals surface area contributed by atoms with Crippen molar-refractivity contribution in [2.45, 2.75) is 42.0 Å². The Balaban J connectivity index is 1.84. The van der Waals surface area contributed by atoms with Crippen LogP contribution in [0.15, 0.2) is 46.2 Å². The summed E-state index contributed by atoms with van der Waals surface area (Å²) in [6, 6.07) is 11.6. The lowest BCUT2D eigenvalue weighted by molar-refractivity contribution is 0.596.